The number of unbranched alkanes of at least 4 members (excludes halogenated alkanes) is 26. The SMILES string of the molecule is [C]=c1cc/c(=c2/c3c(/c(=c4\cc/c(=c5/cc6c(s5)=c5sc(=C)cc5/C6=C/C5CC(OCCCCCCCCCCCCCCCC)C[C@@H](OCCCCCCCCCCCCCCCC)C5)s4)c4nsnc24)N=S=N3)s1. The van der Waals surface area contributed by atoms with Crippen LogP contribution in [0, 0.1) is 43.5 Å². The molecule has 6 aromatic rings. The van der Waals surface area contributed by atoms with Gasteiger partial charge in [0.05, 0.1) is 44.4 Å². The molecule has 1 aliphatic heterocycles. The van der Waals surface area contributed by atoms with Crippen LogP contribution in [0.5, 0.6) is 0 Å². The first-order chi connectivity index (χ1) is 37.5. The highest BCUT2D eigenvalue weighted by molar-refractivity contribution is 7.58. The van der Waals surface area contributed by atoms with E-state index in [2.05, 4.69) is 50.8 Å². The van der Waals surface area contributed by atoms with Crippen LogP contribution in [0.3, 0.4) is 0 Å². The predicted octanol–water partition coefficient (Wildman–Crippen LogP) is 19.7. The Labute approximate surface area is 477 Å². The largest absolute Gasteiger partial charge is 0.378 e. The Morgan fingerprint density at radius 1 is 0.513 bits per heavy atom. The summed E-state index contributed by atoms with van der Waals surface area (Å²) in [6.07, 6.45) is 44.6. The van der Waals surface area contributed by atoms with E-state index in [0.29, 0.717) is 10.5 Å². The van der Waals surface area contributed by atoms with Crippen molar-refractivity contribution in [2.75, 3.05) is 13.2 Å². The van der Waals surface area contributed by atoms with E-state index in [0.717, 1.165) is 91.8 Å². The highest BCUT2D eigenvalue weighted by Gasteiger charge is 2.31. The van der Waals surface area contributed by atoms with Gasteiger partial charge < -0.3 is 9.47 Å². The molecule has 2 unspecified atom stereocenters. The molecule has 1 saturated carbocycles. The molecular formula is C64H84N4O2S6. The van der Waals surface area contributed by atoms with Gasteiger partial charge in [-0.05, 0) is 80.0 Å². The molecule has 76 heavy (non-hydrogen) atoms. The van der Waals surface area contributed by atoms with Crippen LogP contribution in [-0.4, -0.2) is 34.2 Å². The molecule has 0 N–H and O–H groups in total. The number of allylic oxidation sites excluding steroid dienone is 1. The second kappa shape index (κ2) is 30.6. The molecule has 408 valence electrons. The number of rotatable bonds is 33. The summed E-state index contributed by atoms with van der Waals surface area (Å²) in [5.41, 5.74) is 7.45. The maximum Gasteiger partial charge on any atom is 0.116 e. The third-order valence-electron chi connectivity index (χ3n) is 15.9. The van der Waals surface area contributed by atoms with Gasteiger partial charge in [0.25, 0.3) is 0 Å². The minimum absolute atomic E-state index is 0.223. The number of ether oxygens (including phenoxy) is 2. The van der Waals surface area contributed by atoms with E-state index in [1.165, 1.54) is 236 Å². The van der Waals surface area contributed by atoms with Crippen LogP contribution in [-0.2, 0) is 20.8 Å². The summed E-state index contributed by atoms with van der Waals surface area (Å²) in [4.78, 5) is 0. The predicted molar refractivity (Wildman–Crippen MR) is 330 cm³/mol. The van der Waals surface area contributed by atoms with Gasteiger partial charge in [0.2, 0.25) is 0 Å². The molecule has 0 spiro atoms. The summed E-state index contributed by atoms with van der Waals surface area (Å²) in [6.45, 7) is 19.0. The van der Waals surface area contributed by atoms with Crippen molar-refractivity contribution in [1.82, 2.24) is 8.75 Å². The molecule has 1 fully saturated rings. The fraction of sp³-hybridized carbons (Fsp3) is 0.594. The topological polar surface area (TPSA) is 69.0 Å². The van der Waals surface area contributed by atoms with Gasteiger partial charge in [0.1, 0.15) is 22.4 Å². The third-order valence-corrected chi connectivity index (χ3v) is 21.5. The molecular weight excluding hydrogens is 1050 g/mol. The molecule has 3 atom stereocenters. The Kier molecular flexibility index (Phi) is 23.2. The Hall–Kier alpha value is -2.94. The number of thiophene rings is 4. The molecule has 6 nitrogen and oxygen atoms in total. The lowest BCUT2D eigenvalue weighted by Gasteiger charge is -2.34. The van der Waals surface area contributed by atoms with Crippen molar-refractivity contribution in [2.45, 2.75) is 225 Å². The fourth-order valence-corrected chi connectivity index (χ4v) is 17.2. The molecule has 0 amide bonds. The van der Waals surface area contributed by atoms with Crippen molar-refractivity contribution >= 4 is 110 Å². The Bertz CT molecular complexity index is 3360. The average molecular weight is 1130 g/mol. The zero-order valence-electron chi connectivity index (χ0n) is 45.9. The molecule has 5 aromatic heterocycles. The molecule has 2 aliphatic carbocycles. The lowest BCUT2D eigenvalue weighted by Crippen LogP contribution is -2.33. The van der Waals surface area contributed by atoms with Crippen molar-refractivity contribution in [2.24, 2.45) is 14.6 Å². The van der Waals surface area contributed by atoms with Gasteiger partial charge in [0.15, 0.2) is 0 Å². The minimum atomic E-state index is 0.223. The normalized spacial score (nSPS) is 18.8. The lowest BCUT2D eigenvalue weighted by molar-refractivity contribution is -0.0563. The van der Waals surface area contributed by atoms with E-state index in [1.807, 2.05) is 34.8 Å². The van der Waals surface area contributed by atoms with E-state index in [-0.39, 0.29) is 12.2 Å². The van der Waals surface area contributed by atoms with E-state index in [9.17, 15) is 0 Å². The van der Waals surface area contributed by atoms with Crippen LogP contribution >= 0.6 is 57.1 Å². The van der Waals surface area contributed by atoms with Crippen LogP contribution < -0.4 is 9.06 Å². The Balaban J connectivity index is 0.864. The monoisotopic (exact) mass is 1130 g/mol. The van der Waals surface area contributed by atoms with Gasteiger partial charge in [-0.1, -0.05) is 193 Å². The molecule has 6 heterocycles. The van der Waals surface area contributed by atoms with Gasteiger partial charge in [-0.15, -0.1) is 45.3 Å². The summed E-state index contributed by atoms with van der Waals surface area (Å²) < 4.78 is 41.9. The van der Waals surface area contributed by atoms with Crippen molar-refractivity contribution < 1.29 is 9.47 Å². The smallest absolute Gasteiger partial charge is 0.116 e. The van der Waals surface area contributed by atoms with E-state index in [1.54, 1.807) is 11.3 Å². The van der Waals surface area contributed by atoms with Crippen molar-refractivity contribution in [1.29, 1.82) is 0 Å². The van der Waals surface area contributed by atoms with Crippen LogP contribution in [0.25, 0.3) is 29.8 Å². The van der Waals surface area contributed by atoms with E-state index >= 15 is 0 Å². The molecule has 1 aromatic carbocycles. The van der Waals surface area contributed by atoms with E-state index in [4.69, 9.17) is 33.5 Å². The molecule has 0 saturated heterocycles. The lowest BCUT2D eigenvalue weighted by atomic mass is 9.83. The third kappa shape index (κ3) is 15.7. The first-order valence-electron chi connectivity index (χ1n) is 29.9. The maximum absolute atomic E-state index is 8.23. The van der Waals surface area contributed by atoms with E-state index < -0.39 is 0 Å². The van der Waals surface area contributed by atoms with Crippen LogP contribution in [0.4, 0.5) is 11.4 Å². The molecule has 0 bridgehead atoms. The Morgan fingerprint density at radius 3 is 1.46 bits per heavy atom. The summed E-state index contributed by atoms with van der Waals surface area (Å²) in [6, 6.07) is 13.1. The van der Waals surface area contributed by atoms with Crippen molar-refractivity contribution in [3.8, 4) is 0 Å². The van der Waals surface area contributed by atoms with Gasteiger partial charge in [-0.3, -0.25) is 0 Å². The van der Waals surface area contributed by atoms with Crippen molar-refractivity contribution in [3.63, 3.8) is 0 Å². The van der Waals surface area contributed by atoms with Crippen LogP contribution in [0.2, 0.25) is 0 Å². The van der Waals surface area contributed by atoms with Gasteiger partial charge in [0, 0.05) is 68.6 Å². The fourth-order valence-electron chi connectivity index (χ4n) is 11.8. The number of fused-ring (bicyclic) bond motifs is 4. The second-order valence-corrected chi connectivity index (χ2v) is 27.4. The zero-order chi connectivity index (χ0) is 52.3. The van der Waals surface area contributed by atoms with Gasteiger partial charge >= 0.3 is 0 Å². The average Bonchev–Trinajstić information content (AvgIpc) is 4.34. The first-order valence-corrected chi connectivity index (χ1v) is 34.6. The zero-order valence-corrected chi connectivity index (χ0v) is 50.8. The number of benzene rings is 1. The number of nitrogens with zero attached hydrogens (tertiary/aromatic N) is 4. The number of aromatic nitrogens is 2. The molecule has 12 heteroatoms. The maximum atomic E-state index is 8.23. The van der Waals surface area contributed by atoms with Gasteiger partial charge in [-0.2, -0.15) is 17.5 Å². The number of hydrogen-bond acceptors (Lipinski definition) is 11. The summed E-state index contributed by atoms with van der Waals surface area (Å²) in [7, 11) is 0. The quantitative estimate of drug-likeness (QED) is 0.0385. The molecule has 3 aliphatic rings. The van der Waals surface area contributed by atoms with Gasteiger partial charge in [-0.25, -0.2) is 0 Å². The first kappa shape index (κ1) is 57.7. The van der Waals surface area contributed by atoms with Crippen LogP contribution in [0.15, 0.2) is 51.2 Å². The number of hydrogen-bond donors (Lipinski definition) is 0. The summed E-state index contributed by atoms with van der Waals surface area (Å²) >= 11 is 9.44. The standard InChI is InChI=1S/C64H84N4O2S6/c1-5-7-9-11-13-15-17-19-21-23-25-27-29-31-37-69-48-40-47(41-49(43-48)70-38-32-30-28-26-24-22-20-18-16-14-12-10-8-6-2)42-50-51-39-46(4)72-63(51)64-52(50)44-56(74-64)53-35-36-55(73-53)58-61-59(65-75-67-61)57(54-34-33-45(3)71-54)60-62(58)68-76-66-60/h33-36,39,42,44,47-49H,4-32,37-38,40-41,43H2,1-2H3/b50-42-,56-53+,57-54-,58-55+/t47?,48-,49?/m0/s1. The van der Waals surface area contributed by atoms with Crippen molar-refractivity contribution in [3.05, 3.63) is 100 Å². The summed E-state index contributed by atoms with van der Waals surface area (Å²) in [5.74, 6) is 0.378. The molecule has 9 rings (SSSR count). The highest BCUT2D eigenvalue weighted by Crippen LogP contribution is 2.42. The van der Waals surface area contributed by atoms with Crippen LogP contribution in [0.1, 0.15) is 224 Å². The molecule has 2 radical (unpaired) electrons. The Morgan fingerprint density at radius 2 is 0.961 bits per heavy atom. The summed E-state index contributed by atoms with van der Waals surface area (Å²) in [5, 5.41) is 1.94. The highest BCUT2D eigenvalue weighted by atomic mass is 32.1. The second-order valence-electron chi connectivity index (χ2n) is 22.0. The minimum Gasteiger partial charge on any atom is -0.378 e.